The van der Waals surface area contributed by atoms with Gasteiger partial charge in [0.2, 0.25) is 0 Å². The fourth-order valence-electron chi connectivity index (χ4n) is 5.67. The molecule has 2 aliphatic rings. The van der Waals surface area contributed by atoms with Crippen LogP contribution in [-0.2, 0) is 9.53 Å². The van der Waals surface area contributed by atoms with Crippen molar-refractivity contribution in [2.24, 2.45) is 11.8 Å². The van der Waals surface area contributed by atoms with Gasteiger partial charge in [-0.05, 0) is 62.1 Å². The van der Waals surface area contributed by atoms with E-state index in [0.717, 1.165) is 31.8 Å². The fraction of sp³-hybridized carbons (Fsp3) is 0.767. The second-order valence-electron chi connectivity index (χ2n) is 10.6. The van der Waals surface area contributed by atoms with Crippen molar-refractivity contribution in [2.45, 2.75) is 129 Å². The predicted octanol–water partition coefficient (Wildman–Crippen LogP) is 8.60. The van der Waals surface area contributed by atoms with Crippen LogP contribution in [0.1, 0.15) is 128 Å². The first-order chi connectivity index (χ1) is 16.2. The van der Waals surface area contributed by atoms with Crippen molar-refractivity contribution >= 4 is 5.97 Å². The highest BCUT2D eigenvalue weighted by Crippen LogP contribution is 2.34. The van der Waals surface area contributed by atoms with Gasteiger partial charge in [0.05, 0.1) is 18.6 Å². The molecule has 3 rings (SSSR count). The Morgan fingerprint density at radius 2 is 1.48 bits per heavy atom. The van der Waals surface area contributed by atoms with Gasteiger partial charge in [0.1, 0.15) is 5.75 Å². The van der Waals surface area contributed by atoms with Crippen molar-refractivity contribution in [1.29, 1.82) is 0 Å². The molecule has 1 saturated heterocycles. The van der Waals surface area contributed by atoms with Crippen molar-refractivity contribution in [3.05, 3.63) is 29.8 Å². The topological polar surface area (TPSA) is 35.5 Å². The Morgan fingerprint density at radius 1 is 0.848 bits per heavy atom. The van der Waals surface area contributed by atoms with Crippen LogP contribution in [0.15, 0.2) is 24.3 Å². The molecule has 186 valence electrons. The first kappa shape index (κ1) is 26.3. The molecule has 2 fully saturated rings. The SMILES string of the molecule is CCCCCCCC1CCC(C(=O)Oc2ccc([C@H]3CO[C@@H](CCCCCC)C3)cc2)CC1. The molecule has 0 radical (unpaired) electrons. The van der Waals surface area contributed by atoms with Gasteiger partial charge in [-0.3, -0.25) is 4.79 Å². The van der Waals surface area contributed by atoms with Gasteiger partial charge >= 0.3 is 5.97 Å². The number of hydrogen-bond donors (Lipinski definition) is 0. The first-order valence-corrected chi connectivity index (χ1v) is 14.1. The van der Waals surface area contributed by atoms with Crippen molar-refractivity contribution in [1.82, 2.24) is 0 Å². The zero-order valence-corrected chi connectivity index (χ0v) is 21.4. The van der Waals surface area contributed by atoms with Crippen LogP contribution in [0.25, 0.3) is 0 Å². The Morgan fingerprint density at radius 3 is 2.18 bits per heavy atom. The average Bonchev–Trinajstić information content (AvgIpc) is 3.31. The van der Waals surface area contributed by atoms with Gasteiger partial charge in [-0.2, -0.15) is 0 Å². The monoisotopic (exact) mass is 456 g/mol. The highest BCUT2D eigenvalue weighted by atomic mass is 16.5. The second kappa shape index (κ2) is 14.8. The molecule has 3 nitrogen and oxygen atoms in total. The van der Waals surface area contributed by atoms with E-state index in [1.165, 1.54) is 89.0 Å². The van der Waals surface area contributed by atoms with Gasteiger partial charge in [0.25, 0.3) is 0 Å². The number of rotatable bonds is 14. The number of carbonyl (C=O) groups excluding carboxylic acids is 1. The maximum absolute atomic E-state index is 12.7. The lowest BCUT2D eigenvalue weighted by Crippen LogP contribution is -2.25. The smallest absolute Gasteiger partial charge is 0.314 e. The Hall–Kier alpha value is -1.35. The molecule has 1 aliphatic heterocycles. The molecule has 1 aliphatic carbocycles. The highest BCUT2D eigenvalue weighted by Gasteiger charge is 2.28. The molecule has 0 unspecified atom stereocenters. The van der Waals surface area contributed by atoms with E-state index in [2.05, 4.69) is 26.0 Å². The third-order valence-electron chi connectivity index (χ3n) is 7.93. The van der Waals surface area contributed by atoms with Crippen LogP contribution < -0.4 is 4.74 Å². The molecule has 0 bridgehead atoms. The minimum atomic E-state index is -0.0273. The zero-order chi connectivity index (χ0) is 23.3. The summed E-state index contributed by atoms with van der Waals surface area (Å²) in [4.78, 5) is 12.7. The van der Waals surface area contributed by atoms with Crippen LogP contribution in [0.4, 0.5) is 0 Å². The molecular weight excluding hydrogens is 408 g/mol. The van der Waals surface area contributed by atoms with Crippen LogP contribution in [0.3, 0.4) is 0 Å². The normalized spacial score (nSPS) is 25.3. The van der Waals surface area contributed by atoms with E-state index in [1.54, 1.807) is 0 Å². The molecule has 0 N–H and O–H groups in total. The van der Waals surface area contributed by atoms with E-state index >= 15 is 0 Å². The molecule has 0 spiro atoms. The molecule has 3 heteroatoms. The third kappa shape index (κ3) is 9.08. The summed E-state index contributed by atoms with van der Waals surface area (Å²) in [6, 6.07) is 8.21. The molecule has 1 aromatic carbocycles. The van der Waals surface area contributed by atoms with Crippen LogP contribution >= 0.6 is 0 Å². The van der Waals surface area contributed by atoms with Gasteiger partial charge in [0, 0.05) is 5.92 Å². The van der Waals surface area contributed by atoms with Gasteiger partial charge < -0.3 is 9.47 Å². The van der Waals surface area contributed by atoms with Crippen molar-refractivity contribution in [3.8, 4) is 5.75 Å². The molecule has 1 saturated carbocycles. The van der Waals surface area contributed by atoms with E-state index in [9.17, 15) is 4.79 Å². The zero-order valence-electron chi connectivity index (χ0n) is 21.4. The van der Waals surface area contributed by atoms with E-state index in [1.807, 2.05) is 12.1 Å². The van der Waals surface area contributed by atoms with Crippen LogP contribution in [0.2, 0.25) is 0 Å². The average molecular weight is 457 g/mol. The maximum Gasteiger partial charge on any atom is 0.314 e. The summed E-state index contributed by atoms with van der Waals surface area (Å²) in [7, 11) is 0. The number of hydrogen-bond acceptors (Lipinski definition) is 3. The number of ether oxygens (including phenoxy) is 2. The Labute approximate surface area is 203 Å². The van der Waals surface area contributed by atoms with Gasteiger partial charge in [-0.25, -0.2) is 0 Å². The third-order valence-corrected chi connectivity index (χ3v) is 7.93. The predicted molar refractivity (Wildman–Crippen MR) is 137 cm³/mol. The molecule has 1 aromatic rings. The van der Waals surface area contributed by atoms with Crippen molar-refractivity contribution in [2.75, 3.05) is 6.61 Å². The standard InChI is InChI=1S/C30H48O3/c1-3-5-7-9-10-12-24-14-16-26(17-15-24)30(31)33-28-20-18-25(19-21-28)27-22-29(32-23-27)13-11-8-6-4-2/h18-21,24,26-27,29H,3-17,22-23H2,1-2H3/t24?,26?,27-,29+/m1/s1. The Kier molecular flexibility index (Phi) is 11.8. The lowest BCUT2D eigenvalue weighted by Gasteiger charge is -2.27. The fourth-order valence-corrected chi connectivity index (χ4v) is 5.67. The molecule has 0 amide bonds. The quantitative estimate of drug-likeness (QED) is 0.160. The van der Waals surface area contributed by atoms with E-state index < -0.39 is 0 Å². The summed E-state index contributed by atoms with van der Waals surface area (Å²) in [6.45, 7) is 5.34. The maximum atomic E-state index is 12.7. The molecular formula is C30H48O3. The van der Waals surface area contributed by atoms with Gasteiger partial charge in [0.15, 0.2) is 0 Å². The highest BCUT2D eigenvalue weighted by molar-refractivity contribution is 5.75. The number of unbranched alkanes of at least 4 members (excludes halogenated alkanes) is 7. The molecule has 1 heterocycles. The Balaban J connectivity index is 1.34. The van der Waals surface area contributed by atoms with Gasteiger partial charge in [-0.1, -0.05) is 90.2 Å². The number of esters is 1. The first-order valence-electron chi connectivity index (χ1n) is 14.1. The minimum Gasteiger partial charge on any atom is -0.426 e. The number of carbonyl (C=O) groups is 1. The lowest BCUT2D eigenvalue weighted by molar-refractivity contribution is -0.140. The summed E-state index contributed by atoms with van der Waals surface area (Å²) in [5.74, 6) is 2.04. The summed E-state index contributed by atoms with van der Waals surface area (Å²) in [6.07, 6.45) is 20.4. The molecule has 2 atom stereocenters. The van der Waals surface area contributed by atoms with Crippen molar-refractivity contribution in [3.63, 3.8) is 0 Å². The van der Waals surface area contributed by atoms with Crippen LogP contribution in [-0.4, -0.2) is 18.7 Å². The summed E-state index contributed by atoms with van der Waals surface area (Å²) in [5.41, 5.74) is 1.31. The van der Waals surface area contributed by atoms with Crippen LogP contribution in [0.5, 0.6) is 5.75 Å². The molecule has 0 aromatic heterocycles. The summed E-state index contributed by atoms with van der Waals surface area (Å²) >= 11 is 0. The van der Waals surface area contributed by atoms with Crippen LogP contribution in [0, 0.1) is 11.8 Å². The Bertz CT molecular complexity index is 660. The van der Waals surface area contributed by atoms with E-state index in [4.69, 9.17) is 9.47 Å². The molecule has 33 heavy (non-hydrogen) atoms. The van der Waals surface area contributed by atoms with E-state index in [0.29, 0.717) is 17.8 Å². The largest absolute Gasteiger partial charge is 0.426 e. The van der Waals surface area contributed by atoms with Crippen molar-refractivity contribution < 1.29 is 14.3 Å². The van der Waals surface area contributed by atoms with Gasteiger partial charge in [-0.15, -0.1) is 0 Å². The number of benzene rings is 1. The lowest BCUT2D eigenvalue weighted by atomic mass is 9.80. The minimum absolute atomic E-state index is 0.0273. The summed E-state index contributed by atoms with van der Waals surface area (Å²) < 4.78 is 11.8. The van der Waals surface area contributed by atoms with E-state index in [-0.39, 0.29) is 11.9 Å². The second-order valence-corrected chi connectivity index (χ2v) is 10.6. The summed E-state index contributed by atoms with van der Waals surface area (Å²) in [5, 5.41) is 0.